The average molecular weight is 255 g/mol. The van der Waals surface area contributed by atoms with E-state index < -0.39 is 0 Å². The third kappa shape index (κ3) is 2.32. The average Bonchev–Trinajstić information content (AvgIpc) is 2.24. The van der Waals surface area contributed by atoms with Crippen LogP contribution in [0.15, 0.2) is 0 Å². The van der Waals surface area contributed by atoms with Crippen LogP contribution >= 0.6 is 11.6 Å². The van der Waals surface area contributed by atoms with Crippen molar-refractivity contribution in [1.29, 1.82) is 0 Å². The molecule has 0 radical (unpaired) electrons. The highest BCUT2D eigenvalue weighted by atomic mass is 35.5. The number of piperidine rings is 1. The van der Waals surface area contributed by atoms with Gasteiger partial charge in [-0.25, -0.2) is 9.97 Å². The quantitative estimate of drug-likeness (QED) is 0.783. The fourth-order valence-corrected chi connectivity index (χ4v) is 2.78. The van der Waals surface area contributed by atoms with Gasteiger partial charge in [-0.3, -0.25) is 0 Å². The van der Waals surface area contributed by atoms with Crippen LogP contribution in [0.4, 0.5) is 11.5 Å². The van der Waals surface area contributed by atoms with Gasteiger partial charge in [0.1, 0.15) is 11.5 Å². The monoisotopic (exact) mass is 254 g/mol. The second-order valence-corrected chi connectivity index (χ2v) is 5.19. The van der Waals surface area contributed by atoms with E-state index in [1.54, 1.807) is 0 Å². The molecule has 4 nitrogen and oxygen atoms in total. The maximum Gasteiger partial charge on any atom is 0.157 e. The summed E-state index contributed by atoms with van der Waals surface area (Å²) in [6.07, 6.45) is 3.60. The van der Waals surface area contributed by atoms with E-state index in [0.717, 1.165) is 5.82 Å². The number of halogens is 1. The summed E-state index contributed by atoms with van der Waals surface area (Å²) in [6, 6.07) is 0.901. The first kappa shape index (κ1) is 12.4. The van der Waals surface area contributed by atoms with Gasteiger partial charge >= 0.3 is 0 Å². The molecule has 1 aliphatic heterocycles. The van der Waals surface area contributed by atoms with Crippen molar-refractivity contribution in [3.8, 4) is 0 Å². The van der Waals surface area contributed by atoms with Crippen LogP contribution in [0.25, 0.3) is 0 Å². The normalized spacial score (nSPS) is 25.1. The van der Waals surface area contributed by atoms with E-state index in [1.165, 1.54) is 19.3 Å². The fourth-order valence-electron chi connectivity index (χ4n) is 2.57. The first-order chi connectivity index (χ1) is 8.00. The molecule has 5 heteroatoms. The highest BCUT2D eigenvalue weighted by Crippen LogP contribution is 2.34. The molecule has 0 unspecified atom stereocenters. The molecule has 2 N–H and O–H groups in total. The van der Waals surface area contributed by atoms with Crippen molar-refractivity contribution in [1.82, 2.24) is 9.97 Å². The van der Waals surface area contributed by atoms with Gasteiger partial charge < -0.3 is 10.6 Å². The van der Waals surface area contributed by atoms with E-state index in [2.05, 4.69) is 28.7 Å². The molecule has 1 fully saturated rings. The minimum absolute atomic E-state index is 0.359. The smallest absolute Gasteiger partial charge is 0.157 e. The summed E-state index contributed by atoms with van der Waals surface area (Å²) in [5.74, 6) is 1.46. The van der Waals surface area contributed by atoms with Gasteiger partial charge in [0.2, 0.25) is 0 Å². The zero-order chi connectivity index (χ0) is 12.6. The third-order valence-corrected chi connectivity index (χ3v) is 3.72. The molecule has 1 aromatic rings. The number of hydrogen-bond acceptors (Lipinski definition) is 4. The molecule has 2 atom stereocenters. The van der Waals surface area contributed by atoms with Crippen molar-refractivity contribution in [2.24, 2.45) is 0 Å². The predicted octanol–water partition coefficient (Wildman–Crippen LogP) is 2.79. The fraction of sp³-hybridized carbons (Fsp3) is 0.667. The molecule has 1 aliphatic rings. The van der Waals surface area contributed by atoms with Crippen LogP contribution in [0.1, 0.15) is 38.9 Å². The van der Waals surface area contributed by atoms with Gasteiger partial charge in [-0.1, -0.05) is 11.6 Å². The number of nitrogen functional groups attached to an aromatic ring is 1. The summed E-state index contributed by atoms with van der Waals surface area (Å²) in [7, 11) is 0. The molecule has 0 bridgehead atoms. The number of aromatic nitrogens is 2. The Balaban J connectivity index is 2.44. The molecule has 1 saturated heterocycles. The van der Waals surface area contributed by atoms with Crippen LogP contribution in [0.5, 0.6) is 0 Å². The standard InChI is InChI=1S/C12H19ClN4/c1-7-5-4-6-8(2)17(7)12-10(14)11(13)15-9(3)16-12/h7-8H,4-6,14H2,1-3H3/t7-,8+. The third-order valence-electron chi connectivity index (χ3n) is 3.43. The lowest BCUT2D eigenvalue weighted by molar-refractivity contribution is 0.411. The molecule has 94 valence electrons. The molecule has 0 saturated carbocycles. The number of aryl methyl sites for hydroxylation is 1. The van der Waals surface area contributed by atoms with Crippen molar-refractivity contribution >= 4 is 23.1 Å². The Labute approximate surface area is 107 Å². The Morgan fingerprint density at radius 3 is 2.41 bits per heavy atom. The highest BCUT2D eigenvalue weighted by Gasteiger charge is 2.28. The molecule has 0 spiro atoms. The van der Waals surface area contributed by atoms with Crippen LogP contribution in [-0.2, 0) is 0 Å². The van der Waals surface area contributed by atoms with Crippen molar-refractivity contribution < 1.29 is 0 Å². The van der Waals surface area contributed by atoms with Crippen LogP contribution in [0, 0.1) is 6.92 Å². The topological polar surface area (TPSA) is 55.0 Å². The van der Waals surface area contributed by atoms with Gasteiger partial charge in [-0.05, 0) is 40.0 Å². The number of hydrogen-bond donors (Lipinski definition) is 1. The Kier molecular flexibility index (Phi) is 3.43. The first-order valence-electron chi connectivity index (χ1n) is 6.08. The lowest BCUT2D eigenvalue weighted by Gasteiger charge is -2.40. The predicted molar refractivity (Wildman–Crippen MR) is 71.4 cm³/mol. The molecule has 1 aromatic heterocycles. The minimum Gasteiger partial charge on any atom is -0.393 e. The van der Waals surface area contributed by atoms with Crippen LogP contribution in [0.3, 0.4) is 0 Å². The van der Waals surface area contributed by atoms with E-state index in [0.29, 0.717) is 28.7 Å². The molecule has 17 heavy (non-hydrogen) atoms. The van der Waals surface area contributed by atoms with E-state index >= 15 is 0 Å². The summed E-state index contributed by atoms with van der Waals surface area (Å²) in [5.41, 5.74) is 6.51. The minimum atomic E-state index is 0.359. The molecule has 0 amide bonds. The Hall–Kier alpha value is -1.03. The summed E-state index contributed by atoms with van der Waals surface area (Å²) < 4.78 is 0. The van der Waals surface area contributed by atoms with Crippen molar-refractivity contribution in [2.45, 2.75) is 52.1 Å². The molecule has 2 heterocycles. The van der Waals surface area contributed by atoms with E-state index in [-0.39, 0.29) is 0 Å². The highest BCUT2D eigenvalue weighted by molar-refractivity contribution is 6.32. The molecule has 0 aromatic carbocycles. The first-order valence-corrected chi connectivity index (χ1v) is 6.46. The Morgan fingerprint density at radius 1 is 1.24 bits per heavy atom. The van der Waals surface area contributed by atoms with Gasteiger partial charge in [0.15, 0.2) is 11.0 Å². The van der Waals surface area contributed by atoms with E-state index in [1.807, 2.05) is 6.92 Å². The molecule has 2 rings (SSSR count). The summed E-state index contributed by atoms with van der Waals surface area (Å²) in [4.78, 5) is 10.8. The van der Waals surface area contributed by atoms with Gasteiger partial charge in [-0.15, -0.1) is 0 Å². The second-order valence-electron chi connectivity index (χ2n) is 4.84. The summed E-state index contributed by atoms with van der Waals surface area (Å²) in [5, 5.41) is 0.359. The maximum absolute atomic E-state index is 6.03. The van der Waals surface area contributed by atoms with Gasteiger partial charge in [0.25, 0.3) is 0 Å². The van der Waals surface area contributed by atoms with Gasteiger partial charge in [0, 0.05) is 12.1 Å². The Morgan fingerprint density at radius 2 is 1.82 bits per heavy atom. The number of rotatable bonds is 1. The van der Waals surface area contributed by atoms with Crippen LogP contribution in [0.2, 0.25) is 5.15 Å². The lowest BCUT2D eigenvalue weighted by atomic mass is 9.97. The lowest BCUT2D eigenvalue weighted by Crippen LogP contribution is -2.44. The summed E-state index contributed by atoms with van der Waals surface area (Å²) >= 11 is 6.03. The zero-order valence-corrected chi connectivity index (χ0v) is 11.3. The van der Waals surface area contributed by atoms with Crippen LogP contribution < -0.4 is 10.6 Å². The second kappa shape index (κ2) is 4.69. The van der Waals surface area contributed by atoms with Crippen molar-refractivity contribution in [3.05, 3.63) is 11.0 Å². The molecule has 0 aliphatic carbocycles. The largest absolute Gasteiger partial charge is 0.393 e. The number of anilines is 2. The van der Waals surface area contributed by atoms with E-state index in [9.17, 15) is 0 Å². The molecular formula is C12H19ClN4. The molecular weight excluding hydrogens is 236 g/mol. The SMILES string of the molecule is Cc1nc(Cl)c(N)c(N2[C@H](C)CCC[C@@H]2C)n1. The van der Waals surface area contributed by atoms with Gasteiger partial charge in [0.05, 0.1) is 0 Å². The Bertz CT molecular complexity index is 411. The van der Waals surface area contributed by atoms with Crippen molar-refractivity contribution in [2.75, 3.05) is 10.6 Å². The van der Waals surface area contributed by atoms with Crippen molar-refractivity contribution in [3.63, 3.8) is 0 Å². The van der Waals surface area contributed by atoms with E-state index in [4.69, 9.17) is 17.3 Å². The zero-order valence-electron chi connectivity index (χ0n) is 10.6. The van der Waals surface area contributed by atoms with Gasteiger partial charge in [-0.2, -0.15) is 0 Å². The summed E-state index contributed by atoms with van der Waals surface area (Å²) in [6.45, 7) is 6.26. The number of nitrogens with two attached hydrogens (primary N) is 1. The van der Waals surface area contributed by atoms with Crippen LogP contribution in [-0.4, -0.2) is 22.1 Å². The maximum atomic E-state index is 6.03. The number of nitrogens with zero attached hydrogens (tertiary/aromatic N) is 3.